The molecule has 0 saturated heterocycles. The third kappa shape index (κ3) is 3.50. The van der Waals surface area contributed by atoms with Crippen LogP contribution in [0.25, 0.3) is 0 Å². The molecule has 9 heteroatoms. The monoisotopic (exact) mass is 298 g/mol. The van der Waals surface area contributed by atoms with Crippen LogP contribution in [0.4, 0.5) is 19.1 Å². The molecule has 6 nitrogen and oxygen atoms in total. The molecule has 0 amide bonds. The second-order valence-corrected chi connectivity index (χ2v) is 4.16. The summed E-state index contributed by atoms with van der Waals surface area (Å²) in [4.78, 5) is 0. The fraction of sp³-hybridized carbons (Fsp3) is 0.250. The van der Waals surface area contributed by atoms with Crippen molar-refractivity contribution in [3.63, 3.8) is 0 Å². The molecule has 3 N–H and O–H groups in total. The smallest absolute Gasteiger partial charge is 0.335 e. The van der Waals surface area contributed by atoms with Crippen LogP contribution < -0.4 is 11.3 Å². The van der Waals surface area contributed by atoms with Gasteiger partial charge in [-0.2, -0.15) is 18.3 Å². The summed E-state index contributed by atoms with van der Waals surface area (Å²) in [6, 6.07) is 4.81. The molecule has 0 fully saturated rings. The molecule has 0 spiro atoms. The molecule has 0 unspecified atom stereocenters. The Morgan fingerprint density at radius 3 is 2.76 bits per heavy atom. The summed E-state index contributed by atoms with van der Waals surface area (Å²) >= 11 is 0. The van der Waals surface area contributed by atoms with Crippen LogP contribution in [0, 0.1) is 0 Å². The maximum atomic E-state index is 12.6. The van der Waals surface area contributed by atoms with Crippen molar-refractivity contribution in [2.75, 3.05) is 11.3 Å². The average molecular weight is 298 g/mol. The molecule has 1 heterocycles. The molecule has 1 aromatic heterocycles. The lowest BCUT2D eigenvalue weighted by atomic mass is 10.1. The maximum Gasteiger partial charge on any atom is 0.416 e. The van der Waals surface area contributed by atoms with E-state index in [0.29, 0.717) is 17.8 Å². The van der Waals surface area contributed by atoms with Crippen molar-refractivity contribution < 1.29 is 13.2 Å². The molecule has 21 heavy (non-hydrogen) atoms. The highest BCUT2D eigenvalue weighted by atomic mass is 19.4. The quantitative estimate of drug-likeness (QED) is 0.514. The molecule has 0 aliphatic carbocycles. The van der Waals surface area contributed by atoms with Crippen LogP contribution in [-0.4, -0.2) is 21.1 Å². The summed E-state index contributed by atoms with van der Waals surface area (Å²) in [7, 11) is 0. The molecule has 112 valence electrons. The van der Waals surface area contributed by atoms with Gasteiger partial charge in [-0.1, -0.05) is 19.1 Å². The fourth-order valence-electron chi connectivity index (χ4n) is 1.60. The van der Waals surface area contributed by atoms with E-state index in [0.717, 1.165) is 12.1 Å². The van der Waals surface area contributed by atoms with Crippen LogP contribution in [0.3, 0.4) is 0 Å². The van der Waals surface area contributed by atoms with Gasteiger partial charge in [-0.3, -0.25) is 0 Å². The molecule has 0 aliphatic rings. The topological polar surface area (TPSA) is 81.1 Å². The Labute approximate surface area is 118 Å². The number of nitrogens with zero attached hydrogens (tertiary/aromatic N) is 4. The third-order valence-corrected chi connectivity index (χ3v) is 2.67. The zero-order valence-corrected chi connectivity index (χ0v) is 11.1. The van der Waals surface area contributed by atoms with Gasteiger partial charge in [-0.05, 0) is 17.7 Å². The highest BCUT2D eigenvalue weighted by Crippen LogP contribution is 2.29. The highest BCUT2D eigenvalue weighted by Gasteiger charge is 2.30. The van der Waals surface area contributed by atoms with Crippen LogP contribution in [-0.2, 0) is 12.6 Å². The Morgan fingerprint density at radius 2 is 2.14 bits per heavy atom. The first-order chi connectivity index (χ1) is 9.91. The van der Waals surface area contributed by atoms with E-state index in [9.17, 15) is 13.2 Å². The number of nitrogens with two attached hydrogens (primary N) is 1. The van der Waals surface area contributed by atoms with Gasteiger partial charge in [0.15, 0.2) is 5.82 Å². The predicted octanol–water partition coefficient (Wildman–Crippen LogP) is 2.02. The minimum absolute atomic E-state index is 0.204. The highest BCUT2D eigenvalue weighted by molar-refractivity contribution is 5.80. The van der Waals surface area contributed by atoms with Crippen molar-refractivity contribution in [2.45, 2.75) is 19.5 Å². The summed E-state index contributed by atoms with van der Waals surface area (Å²) in [5.41, 5.74) is 2.09. The van der Waals surface area contributed by atoms with Crippen molar-refractivity contribution in [2.24, 2.45) is 5.10 Å². The lowest BCUT2D eigenvalue weighted by Gasteiger charge is -2.06. The number of halogens is 3. The Kier molecular flexibility index (Phi) is 4.10. The largest absolute Gasteiger partial charge is 0.416 e. The van der Waals surface area contributed by atoms with E-state index in [4.69, 9.17) is 5.84 Å². The molecule has 0 bridgehead atoms. The van der Waals surface area contributed by atoms with E-state index in [1.807, 2.05) is 6.92 Å². The number of nitrogen functional groups attached to an aromatic ring is 1. The number of benzene rings is 1. The van der Waals surface area contributed by atoms with E-state index in [-0.39, 0.29) is 5.95 Å². The summed E-state index contributed by atoms with van der Waals surface area (Å²) in [5.74, 6) is 6.45. The summed E-state index contributed by atoms with van der Waals surface area (Å²) in [5, 5.41) is 11.4. The van der Waals surface area contributed by atoms with Crippen LogP contribution in [0.5, 0.6) is 0 Å². The van der Waals surface area contributed by atoms with Crippen molar-refractivity contribution in [1.82, 2.24) is 14.9 Å². The predicted molar refractivity (Wildman–Crippen MR) is 72.2 cm³/mol. The minimum Gasteiger partial charge on any atom is -0.335 e. The summed E-state index contributed by atoms with van der Waals surface area (Å²) < 4.78 is 38.9. The lowest BCUT2D eigenvalue weighted by molar-refractivity contribution is -0.137. The molecule has 2 rings (SSSR count). The van der Waals surface area contributed by atoms with Crippen LogP contribution in [0.2, 0.25) is 0 Å². The number of hydrogen-bond donors (Lipinski definition) is 2. The Morgan fingerprint density at radius 1 is 1.38 bits per heavy atom. The number of nitrogens with one attached hydrogen (secondary N) is 1. The van der Waals surface area contributed by atoms with Crippen molar-refractivity contribution in [1.29, 1.82) is 0 Å². The maximum absolute atomic E-state index is 12.6. The van der Waals surface area contributed by atoms with E-state index in [1.165, 1.54) is 23.0 Å². The molecule has 0 aliphatic heterocycles. The van der Waals surface area contributed by atoms with E-state index in [2.05, 4.69) is 20.7 Å². The second kappa shape index (κ2) is 5.81. The number of anilines is 1. The first-order valence-corrected chi connectivity index (χ1v) is 6.07. The minimum atomic E-state index is -4.38. The first-order valence-electron chi connectivity index (χ1n) is 6.07. The molecular formula is C12H13F3N6. The molecule has 1 aromatic carbocycles. The van der Waals surface area contributed by atoms with E-state index in [1.54, 1.807) is 0 Å². The van der Waals surface area contributed by atoms with Crippen LogP contribution >= 0.6 is 0 Å². The third-order valence-electron chi connectivity index (χ3n) is 2.67. The number of rotatable bonds is 4. The SMILES string of the molecule is CCc1nnc(N/N=C/c2cccc(C(F)(F)F)c2)n1N. The second-order valence-electron chi connectivity index (χ2n) is 4.16. The average Bonchev–Trinajstić information content (AvgIpc) is 2.79. The number of hydrazone groups is 1. The molecule has 2 aromatic rings. The Balaban J connectivity index is 2.09. The van der Waals surface area contributed by atoms with Gasteiger partial charge in [0.25, 0.3) is 5.95 Å². The van der Waals surface area contributed by atoms with Gasteiger partial charge in [0, 0.05) is 6.42 Å². The van der Waals surface area contributed by atoms with Gasteiger partial charge in [-0.15, -0.1) is 10.2 Å². The zero-order valence-electron chi connectivity index (χ0n) is 11.1. The van der Waals surface area contributed by atoms with Crippen LogP contribution in [0.1, 0.15) is 23.9 Å². The number of aryl methyl sites for hydroxylation is 1. The van der Waals surface area contributed by atoms with Gasteiger partial charge in [-0.25, -0.2) is 10.1 Å². The first kappa shape index (κ1) is 14.8. The molecular weight excluding hydrogens is 285 g/mol. The van der Waals surface area contributed by atoms with Crippen LogP contribution in [0.15, 0.2) is 29.4 Å². The lowest BCUT2D eigenvalue weighted by Crippen LogP contribution is -2.14. The Bertz CT molecular complexity index is 647. The van der Waals surface area contributed by atoms with Crippen molar-refractivity contribution >= 4 is 12.2 Å². The molecule has 0 saturated carbocycles. The molecule has 0 atom stereocenters. The Hall–Kier alpha value is -2.58. The number of alkyl halides is 3. The van der Waals surface area contributed by atoms with E-state index < -0.39 is 11.7 Å². The van der Waals surface area contributed by atoms with Gasteiger partial charge < -0.3 is 5.84 Å². The van der Waals surface area contributed by atoms with Crippen molar-refractivity contribution in [3.8, 4) is 0 Å². The van der Waals surface area contributed by atoms with Gasteiger partial charge in [0.2, 0.25) is 0 Å². The standard InChI is InChI=1S/C12H13F3N6/c1-2-10-18-20-11(21(10)16)19-17-7-8-4-3-5-9(6-8)12(13,14)15/h3-7H,2,16H2,1H3,(H,19,20)/b17-7+. The normalized spacial score (nSPS) is 12.0. The van der Waals surface area contributed by atoms with Gasteiger partial charge in [0.1, 0.15) is 0 Å². The number of aromatic nitrogens is 3. The van der Waals surface area contributed by atoms with Gasteiger partial charge in [0.05, 0.1) is 11.8 Å². The zero-order chi connectivity index (χ0) is 15.5. The van der Waals surface area contributed by atoms with Crippen molar-refractivity contribution in [3.05, 3.63) is 41.2 Å². The summed E-state index contributed by atoms with van der Waals surface area (Å²) in [6.07, 6.45) is -2.54. The fourth-order valence-corrected chi connectivity index (χ4v) is 1.60. The van der Waals surface area contributed by atoms with E-state index >= 15 is 0 Å². The van der Waals surface area contributed by atoms with Gasteiger partial charge >= 0.3 is 6.18 Å². The molecule has 0 radical (unpaired) electrons. The summed E-state index contributed by atoms with van der Waals surface area (Å²) in [6.45, 7) is 1.86. The number of hydrogen-bond acceptors (Lipinski definition) is 5.